The molecule has 0 atom stereocenters. The maximum Gasteiger partial charge on any atom is 0.256 e. The summed E-state index contributed by atoms with van der Waals surface area (Å²) in [5.74, 6) is 0.872. The molecule has 88 valence electrons. The number of nitrogens with one attached hydrogen (secondary N) is 2. The third kappa shape index (κ3) is 2.63. The van der Waals surface area contributed by atoms with Gasteiger partial charge >= 0.3 is 0 Å². The summed E-state index contributed by atoms with van der Waals surface area (Å²) in [6.45, 7) is 1.77. The molecule has 1 amide bonds. The Bertz CT molecular complexity index is 517. The van der Waals surface area contributed by atoms with Crippen LogP contribution in [-0.2, 0) is 0 Å². The van der Waals surface area contributed by atoms with Crippen molar-refractivity contribution in [1.29, 1.82) is 0 Å². The normalized spacial score (nSPS) is 10.0. The van der Waals surface area contributed by atoms with Crippen LogP contribution in [0.4, 0.5) is 11.5 Å². The molecule has 0 aliphatic rings. The van der Waals surface area contributed by atoms with Gasteiger partial charge in [0.05, 0.1) is 0 Å². The van der Waals surface area contributed by atoms with E-state index in [0.717, 1.165) is 5.69 Å². The number of aryl methyl sites for hydroxylation is 1. The van der Waals surface area contributed by atoms with Crippen LogP contribution >= 0.6 is 0 Å². The second-order valence-corrected chi connectivity index (χ2v) is 3.60. The second kappa shape index (κ2) is 4.69. The fraction of sp³-hybridized carbons (Fsp3) is 0.167. The number of hydrogen-bond acceptors (Lipinski definition) is 4. The van der Waals surface area contributed by atoms with Crippen molar-refractivity contribution < 1.29 is 9.32 Å². The van der Waals surface area contributed by atoms with Crippen molar-refractivity contribution in [2.24, 2.45) is 0 Å². The highest BCUT2D eigenvalue weighted by atomic mass is 16.5. The van der Waals surface area contributed by atoms with Crippen LogP contribution in [0.25, 0.3) is 0 Å². The lowest BCUT2D eigenvalue weighted by molar-refractivity contribution is 0.102. The van der Waals surface area contributed by atoms with E-state index in [1.165, 1.54) is 0 Å². The lowest BCUT2D eigenvalue weighted by Gasteiger charge is -2.03. The van der Waals surface area contributed by atoms with Crippen molar-refractivity contribution in [1.82, 2.24) is 5.16 Å². The Balaban J connectivity index is 2.09. The van der Waals surface area contributed by atoms with Crippen molar-refractivity contribution >= 4 is 17.4 Å². The van der Waals surface area contributed by atoms with Crippen LogP contribution < -0.4 is 10.6 Å². The number of carbonyl (C=O) groups is 1. The van der Waals surface area contributed by atoms with Crippen molar-refractivity contribution in [3.05, 3.63) is 41.7 Å². The van der Waals surface area contributed by atoms with Crippen LogP contribution in [0.3, 0.4) is 0 Å². The number of benzene rings is 1. The molecule has 0 radical (unpaired) electrons. The fourth-order valence-corrected chi connectivity index (χ4v) is 1.40. The van der Waals surface area contributed by atoms with Gasteiger partial charge in [-0.3, -0.25) is 4.79 Å². The van der Waals surface area contributed by atoms with Crippen LogP contribution in [-0.4, -0.2) is 18.1 Å². The van der Waals surface area contributed by atoms with Gasteiger partial charge in [0.1, 0.15) is 5.76 Å². The summed E-state index contributed by atoms with van der Waals surface area (Å²) in [6.07, 6.45) is 0. The van der Waals surface area contributed by atoms with Crippen LogP contribution in [0.1, 0.15) is 16.1 Å². The summed E-state index contributed by atoms with van der Waals surface area (Å²) in [5.41, 5.74) is 1.53. The summed E-state index contributed by atoms with van der Waals surface area (Å²) in [5, 5.41) is 9.34. The molecule has 5 heteroatoms. The first-order valence-electron chi connectivity index (χ1n) is 5.21. The molecule has 1 aromatic carbocycles. The Kier molecular flexibility index (Phi) is 3.09. The average molecular weight is 231 g/mol. The van der Waals surface area contributed by atoms with Crippen LogP contribution in [0, 0.1) is 6.92 Å². The maximum absolute atomic E-state index is 11.8. The monoisotopic (exact) mass is 231 g/mol. The number of carbonyl (C=O) groups excluding carboxylic acids is 1. The molecule has 1 aromatic heterocycles. The minimum atomic E-state index is -0.207. The van der Waals surface area contributed by atoms with Gasteiger partial charge in [-0.05, 0) is 31.2 Å². The highest BCUT2D eigenvalue weighted by Gasteiger charge is 2.08. The molecule has 17 heavy (non-hydrogen) atoms. The van der Waals surface area contributed by atoms with Gasteiger partial charge in [-0.25, -0.2) is 0 Å². The standard InChI is InChI=1S/C12H13N3O2/c1-8-7-11(15-17-8)14-12(16)9-3-5-10(13-2)6-4-9/h3-7,13H,1-2H3,(H,14,15,16). The Hall–Kier alpha value is -2.30. The Morgan fingerprint density at radius 1 is 1.29 bits per heavy atom. The molecule has 0 unspecified atom stereocenters. The molecule has 0 aliphatic carbocycles. The number of hydrogen-bond donors (Lipinski definition) is 2. The van der Waals surface area contributed by atoms with Gasteiger partial charge in [0.2, 0.25) is 0 Å². The molecule has 2 aromatic rings. The SMILES string of the molecule is CNc1ccc(C(=O)Nc2cc(C)on2)cc1. The zero-order valence-electron chi connectivity index (χ0n) is 9.65. The van der Waals surface area contributed by atoms with E-state index >= 15 is 0 Å². The third-order valence-corrected chi connectivity index (χ3v) is 2.31. The Labute approximate surface area is 98.8 Å². The summed E-state index contributed by atoms with van der Waals surface area (Å²) < 4.78 is 4.86. The summed E-state index contributed by atoms with van der Waals surface area (Å²) in [7, 11) is 1.83. The van der Waals surface area contributed by atoms with Crippen LogP contribution in [0.2, 0.25) is 0 Å². The van der Waals surface area contributed by atoms with Gasteiger partial charge in [-0.1, -0.05) is 5.16 Å². The molecule has 0 fully saturated rings. The Morgan fingerprint density at radius 2 is 2.00 bits per heavy atom. The number of anilines is 2. The predicted octanol–water partition coefficient (Wildman–Crippen LogP) is 2.28. The van der Waals surface area contributed by atoms with E-state index in [1.54, 1.807) is 25.1 Å². The lowest BCUT2D eigenvalue weighted by Crippen LogP contribution is -2.11. The zero-order chi connectivity index (χ0) is 12.3. The molecular formula is C12H13N3O2. The van der Waals surface area contributed by atoms with E-state index in [-0.39, 0.29) is 5.91 Å². The van der Waals surface area contributed by atoms with Crippen LogP contribution in [0.15, 0.2) is 34.9 Å². The van der Waals surface area contributed by atoms with E-state index in [0.29, 0.717) is 17.1 Å². The zero-order valence-corrected chi connectivity index (χ0v) is 9.65. The van der Waals surface area contributed by atoms with E-state index in [4.69, 9.17) is 4.52 Å². The number of amides is 1. The van der Waals surface area contributed by atoms with E-state index in [1.807, 2.05) is 19.2 Å². The van der Waals surface area contributed by atoms with Gasteiger partial charge < -0.3 is 15.2 Å². The molecule has 0 saturated carbocycles. The largest absolute Gasteiger partial charge is 0.388 e. The highest BCUT2D eigenvalue weighted by molar-refractivity contribution is 6.03. The first-order chi connectivity index (χ1) is 8.19. The first-order valence-corrected chi connectivity index (χ1v) is 5.21. The van der Waals surface area contributed by atoms with Gasteiger partial charge in [0.25, 0.3) is 5.91 Å². The topological polar surface area (TPSA) is 67.2 Å². The first kappa shape index (κ1) is 11.2. The lowest BCUT2D eigenvalue weighted by atomic mass is 10.2. The molecule has 0 spiro atoms. The average Bonchev–Trinajstić information content (AvgIpc) is 2.75. The molecule has 5 nitrogen and oxygen atoms in total. The van der Waals surface area contributed by atoms with Gasteiger partial charge in [0.15, 0.2) is 5.82 Å². The minimum Gasteiger partial charge on any atom is -0.388 e. The quantitative estimate of drug-likeness (QED) is 0.850. The maximum atomic E-state index is 11.8. The van der Waals surface area contributed by atoms with Crippen molar-refractivity contribution in [2.75, 3.05) is 17.7 Å². The smallest absolute Gasteiger partial charge is 0.256 e. The molecule has 0 saturated heterocycles. The fourth-order valence-electron chi connectivity index (χ4n) is 1.40. The van der Waals surface area contributed by atoms with E-state index in [2.05, 4.69) is 15.8 Å². The molecule has 0 bridgehead atoms. The molecule has 2 rings (SSSR count). The van der Waals surface area contributed by atoms with E-state index in [9.17, 15) is 4.79 Å². The Morgan fingerprint density at radius 3 is 2.53 bits per heavy atom. The van der Waals surface area contributed by atoms with Crippen molar-refractivity contribution in [2.45, 2.75) is 6.92 Å². The molecular weight excluding hydrogens is 218 g/mol. The summed E-state index contributed by atoms with van der Waals surface area (Å²) in [4.78, 5) is 11.8. The molecule has 1 heterocycles. The second-order valence-electron chi connectivity index (χ2n) is 3.60. The number of rotatable bonds is 3. The summed E-state index contributed by atoms with van der Waals surface area (Å²) >= 11 is 0. The van der Waals surface area contributed by atoms with Gasteiger partial charge in [-0.15, -0.1) is 0 Å². The highest BCUT2D eigenvalue weighted by Crippen LogP contribution is 2.12. The summed E-state index contributed by atoms with van der Waals surface area (Å²) in [6, 6.07) is 8.83. The number of aromatic nitrogens is 1. The van der Waals surface area contributed by atoms with E-state index < -0.39 is 0 Å². The number of nitrogens with zero attached hydrogens (tertiary/aromatic N) is 1. The van der Waals surface area contributed by atoms with Crippen LogP contribution in [0.5, 0.6) is 0 Å². The minimum absolute atomic E-state index is 0.207. The molecule has 2 N–H and O–H groups in total. The van der Waals surface area contributed by atoms with Gasteiger partial charge in [-0.2, -0.15) is 0 Å². The van der Waals surface area contributed by atoms with Crippen molar-refractivity contribution in [3.63, 3.8) is 0 Å². The molecule has 0 aliphatic heterocycles. The predicted molar refractivity (Wildman–Crippen MR) is 65.2 cm³/mol. The van der Waals surface area contributed by atoms with Gasteiger partial charge in [0, 0.05) is 24.4 Å². The third-order valence-electron chi connectivity index (χ3n) is 2.31. The van der Waals surface area contributed by atoms with Crippen molar-refractivity contribution in [3.8, 4) is 0 Å².